The van der Waals surface area contributed by atoms with E-state index in [9.17, 15) is 4.79 Å². The van der Waals surface area contributed by atoms with Gasteiger partial charge in [-0.05, 0) is 30.5 Å². The number of thiazole rings is 1. The molecule has 0 bridgehead atoms. The first kappa shape index (κ1) is 19.8. The van der Waals surface area contributed by atoms with E-state index in [1.807, 2.05) is 24.3 Å². The van der Waals surface area contributed by atoms with Crippen molar-refractivity contribution in [2.75, 3.05) is 0 Å². The Morgan fingerprint density at radius 2 is 1.62 bits per heavy atom. The SMILES string of the molecule is O=C(Cc1ccc(-c2csc(-c3ccncc3)n2)cc1)NC1CCCCCCC1. The van der Waals surface area contributed by atoms with Gasteiger partial charge in [-0.3, -0.25) is 9.78 Å². The second-order valence-corrected chi connectivity index (χ2v) is 8.62. The Hall–Kier alpha value is -2.53. The Labute approximate surface area is 176 Å². The number of nitrogens with one attached hydrogen (secondary N) is 1. The normalized spacial score (nSPS) is 15.4. The van der Waals surface area contributed by atoms with Gasteiger partial charge in [0.05, 0.1) is 12.1 Å². The zero-order valence-corrected chi connectivity index (χ0v) is 17.5. The molecule has 2 heterocycles. The summed E-state index contributed by atoms with van der Waals surface area (Å²) < 4.78 is 0. The molecule has 5 heteroatoms. The monoisotopic (exact) mass is 405 g/mol. The molecule has 0 radical (unpaired) electrons. The van der Waals surface area contributed by atoms with Crippen LogP contribution in [0.3, 0.4) is 0 Å². The average molecular weight is 406 g/mol. The molecule has 0 spiro atoms. The van der Waals surface area contributed by atoms with E-state index >= 15 is 0 Å². The molecule has 1 fully saturated rings. The van der Waals surface area contributed by atoms with Gasteiger partial charge in [0.25, 0.3) is 0 Å². The van der Waals surface area contributed by atoms with Crippen molar-refractivity contribution in [1.29, 1.82) is 0 Å². The van der Waals surface area contributed by atoms with Crippen LogP contribution in [-0.4, -0.2) is 21.9 Å². The lowest BCUT2D eigenvalue weighted by atomic mass is 9.96. The Bertz CT molecular complexity index is 913. The molecule has 150 valence electrons. The van der Waals surface area contributed by atoms with Gasteiger partial charge in [0.1, 0.15) is 5.01 Å². The molecule has 1 aromatic carbocycles. The van der Waals surface area contributed by atoms with Gasteiger partial charge in [0.15, 0.2) is 0 Å². The summed E-state index contributed by atoms with van der Waals surface area (Å²) in [6.45, 7) is 0. The molecule has 1 aliphatic rings. The number of hydrogen-bond donors (Lipinski definition) is 1. The third kappa shape index (κ3) is 5.51. The minimum atomic E-state index is 0.136. The number of benzene rings is 1. The van der Waals surface area contributed by atoms with Gasteiger partial charge >= 0.3 is 0 Å². The van der Waals surface area contributed by atoms with Crippen molar-refractivity contribution in [2.45, 2.75) is 57.4 Å². The number of rotatable bonds is 5. The summed E-state index contributed by atoms with van der Waals surface area (Å²) in [4.78, 5) is 21.3. The molecule has 1 N–H and O–H groups in total. The summed E-state index contributed by atoms with van der Waals surface area (Å²) in [6, 6.07) is 12.5. The Balaban J connectivity index is 1.35. The van der Waals surface area contributed by atoms with Crippen LogP contribution in [0.2, 0.25) is 0 Å². The molecule has 29 heavy (non-hydrogen) atoms. The van der Waals surface area contributed by atoms with Crippen molar-refractivity contribution in [2.24, 2.45) is 0 Å². The number of nitrogens with zero attached hydrogens (tertiary/aromatic N) is 2. The summed E-state index contributed by atoms with van der Waals surface area (Å²) >= 11 is 1.63. The summed E-state index contributed by atoms with van der Waals surface area (Å²) in [5.41, 5.74) is 4.17. The molecule has 3 aromatic rings. The van der Waals surface area contributed by atoms with Gasteiger partial charge in [0.2, 0.25) is 5.91 Å². The van der Waals surface area contributed by atoms with Crippen LogP contribution in [0.4, 0.5) is 0 Å². The third-order valence-corrected chi connectivity index (χ3v) is 6.41. The first-order valence-corrected chi connectivity index (χ1v) is 11.4. The third-order valence-electron chi connectivity index (χ3n) is 5.52. The molecule has 1 amide bonds. The van der Waals surface area contributed by atoms with Crippen LogP contribution in [0.25, 0.3) is 21.8 Å². The average Bonchev–Trinajstić information content (AvgIpc) is 3.21. The molecule has 0 atom stereocenters. The summed E-state index contributed by atoms with van der Waals surface area (Å²) in [7, 11) is 0. The van der Waals surface area contributed by atoms with Crippen molar-refractivity contribution < 1.29 is 4.79 Å². The number of carbonyl (C=O) groups excluding carboxylic acids is 1. The predicted octanol–water partition coefficient (Wildman–Crippen LogP) is 5.64. The van der Waals surface area contributed by atoms with Crippen molar-refractivity contribution in [3.63, 3.8) is 0 Å². The fourth-order valence-corrected chi connectivity index (χ4v) is 4.73. The molecule has 0 saturated heterocycles. The molecule has 0 aliphatic heterocycles. The second-order valence-electron chi connectivity index (χ2n) is 7.76. The molecular weight excluding hydrogens is 378 g/mol. The van der Waals surface area contributed by atoms with E-state index in [4.69, 9.17) is 4.98 Å². The van der Waals surface area contributed by atoms with E-state index in [0.717, 1.165) is 40.2 Å². The largest absolute Gasteiger partial charge is 0.353 e. The standard InChI is InChI=1S/C24H27N3OS/c28-23(26-21-6-4-2-1-3-5-7-21)16-18-8-10-19(11-9-18)22-17-29-24(27-22)20-12-14-25-15-13-20/h8-15,17,21H,1-7,16H2,(H,26,28). The second kappa shape index (κ2) is 9.79. The van der Waals surface area contributed by atoms with Gasteiger partial charge in [-0.2, -0.15) is 0 Å². The van der Waals surface area contributed by atoms with Crippen molar-refractivity contribution in [3.05, 3.63) is 59.7 Å². The first-order chi connectivity index (χ1) is 14.3. The quantitative estimate of drug-likeness (QED) is 0.597. The maximum atomic E-state index is 12.5. The van der Waals surface area contributed by atoms with Crippen molar-refractivity contribution in [1.82, 2.24) is 15.3 Å². The van der Waals surface area contributed by atoms with Crippen molar-refractivity contribution in [3.8, 4) is 21.8 Å². The Morgan fingerprint density at radius 3 is 2.34 bits per heavy atom. The molecule has 4 nitrogen and oxygen atoms in total. The van der Waals surface area contributed by atoms with Crippen LogP contribution < -0.4 is 5.32 Å². The zero-order valence-electron chi connectivity index (χ0n) is 16.6. The van der Waals surface area contributed by atoms with Crippen LogP contribution in [0.5, 0.6) is 0 Å². The molecule has 1 aliphatic carbocycles. The number of hydrogen-bond acceptors (Lipinski definition) is 4. The first-order valence-electron chi connectivity index (χ1n) is 10.5. The fraction of sp³-hybridized carbons (Fsp3) is 0.375. The topological polar surface area (TPSA) is 54.9 Å². The highest BCUT2D eigenvalue weighted by molar-refractivity contribution is 7.13. The number of aromatic nitrogens is 2. The lowest BCUT2D eigenvalue weighted by Gasteiger charge is -2.21. The highest BCUT2D eigenvalue weighted by Crippen LogP contribution is 2.28. The van der Waals surface area contributed by atoms with E-state index in [2.05, 4.69) is 27.8 Å². The lowest BCUT2D eigenvalue weighted by Crippen LogP contribution is -2.36. The van der Waals surface area contributed by atoms with E-state index in [-0.39, 0.29) is 5.91 Å². The highest BCUT2D eigenvalue weighted by Gasteiger charge is 2.14. The summed E-state index contributed by atoms with van der Waals surface area (Å²) in [5.74, 6) is 0.136. The van der Waals surface area contributed by atoms with Gasteiger partial charge in [-0.25, -0.2) is 4.98 Å². The number of carbonyl (C=O) groups is 1. The highest BCUT2D eigenvalue weighted by atomic mass is 32.1. The van der Waals surface area contributed by atoms with Crippen molar-refractivity contribution >= 4 is 17.2 Å². The zero-order chi connectivity index (χ0) is 19.9. The van der Waals surface area contributed by atoms with Gasteiger partial charge in [0, 0.05) is 34.9 Å². The predicted molar refractivity (Wildman–Crippen MR) is 119 cm³/mol. The van der Waals surface area contributed by atoms with Gasteiger partial charge in [-0.1, -0.05) is 56.4 Å². The molecular formula is C24H27N3OS. The molecule has 1 saturated carbocycles. The van der Waals surface area contributed by atoms with Crippen LogP contribution in [0.15, 0.2) is 54.2 Å². The summed E-state index contributed by atoms with van der Waals surface area (Å²) in [5, 5.41) is 6.31. The van der Waals surface area contributed by atoms with Crippen LogP contribution in [-0.2, 0) is 11.2 Å². The van der Waals surface area contributed by atoms with Crippen LogP contribution in [0, 0.1) is 0 Å². The fourth-order valence-electron chi connectivity index (χ4n) is 3.89. The molecule has 0 unspecified atom stereocenters. The maximum Gasteiger partial charge on any atom is 0.224 e. The van der Waals surface area contributed by atoms with E-state index in [1.54, 1.807) is 23.7 Å². The maximum absolute atomic E-state index is 12.5. The Morgan fingerprint density at radius 1 is 0.931 bits per heavy atom. The van der Waals surface area contributed by atoms with E-state index in [0.29, 0.717) is 12.5 Å². The molecule has 4 rings (SSSR count). The van der Waals surface area contributed by atoms with E-state index < -0.39 is 0 Å². The lowest BCUT2D eigenvalue weighted by molar-refractivity contribution is -0.121. The minimum absolute atomic E-state index is 0.136. The van der Waals surface area contributed by atoms with Gasteiger partial charge < -0.3 is 5.32 Å². The van der Waals surface area contributed by atoms with Crippen LogP contribution >= 0.6 is 11.3 Å². The number of pyridine rings is 1. The Kier molecular flexibility index (Phi) is 6.67. The van der Waals surface area contributed by atoms with Crippen LogP contribution in [0.1, 0.15) is 50.5 Å². The smallest absolute Gasteiger partial charge is 0.224 e. The number of amides is 1. The minimum Gasteiger partial charge on any atom is -0.353 e. The summed E-state index contributed by atoms with van der Waals surface area (Å²) in [6.07, 6.45) is 12.7. The van der Waals surface area contributed by atoms with E-state index in [1.165, 1.54) is 32.1 Å². The molecule has 2 aromatic heterocycles. The van der Waals surface area contributed by atoms with Gasteiger partial charge in [-0.15, -0.1) is 11.3 Å².